The number of aliphatic imine (C=N–C) groups is 1. The fourth-order valence-electron chi connectivity index (χ4n) is 2.70. The van der Waals surface area contributed by atoms with Crippen LogP contribution in [0.4, 0.5) is 17.1 Å². The third-order valence-corrected chi connectivity index (χ3v) is 5.34. The van der Waals surface area contributed by atoms with Gasteiger partial charge in [0.05, 0.1) is 26.1 Å². The first kappa shape index (κ1) is 22.6. The summed E-state index contributed by atoms with van der Waals surface area (Å²) in [5.41, 5.74) is 1.57. The van der Waals surface area contributed by atoms with Crippen molar-refractivity contribution < 1.29 is 14.6 Å². The summed E-state index contributed by atoms with van der Waals surface area (Å²) in [6.07, 6.45) is 2.51. The fraction of sp³-hybridized carbons (Fsp3) is 0.0952. The minimum absolute atomic E-state index is 0.124. The number of nitro groups is 2. The van der Waals surface area contributed by atoms with Gasteiger partial charge in [-0.25, -0.2) is 0 Å². The highest BCUT2D eigenvalue weighted by Gasteiger charge is 2.23. The first-order valence-electron chi connectivity index (χ1n) is 9.01. The number of aryl methyl sites for hydroxylation is 1. The molecule has 3 aromatic rings. The molecule has 10 heteroatoms. The van der Waals surface area contributed by atoms with Gasteiger partial charge >= 0.3 is 5.69 Å². The summed E-state index contributed by atoms with van der Waals surface area (Å²) in [5, 5.41) is 22.4. The van der Waals surface area contributed by atoms with E-state index < -0.39 is 21.2 Å². The number of ether oxygens (including phenoxy) is 1. The monoisotopic (exact) mass is 547 g/mol. The topological polar surface area (TPSA) is 108 Å². The number of hydrogen-bond donors (Lipinski definition) is 0. The highest BCUT2D eigenvalue weighted by Crippen LogP contribution is 2.40. The van der Waals surface area contributed by atoms with Crippen molar-refractivity contribution in [2.24, 2.45) is 4.99 Å². The van der Waals surface area contributed by atoms with Gasteiger partial charge in [0.2, 0.25) is 5.75 Å². The molecule has 0 atom stereocenters. The van der Waals surface area contributed by atoms with Crippen molar-refractivity contribution >= 4 is 55.1 Å². The van der Waals surface area contributed by atoms with Gasteiger partial charge in [0.15, 0.2) is 5.75 Å². The summed E-state index contributed by atoms with van der Waals surface area (Å²) < 4.78 is 7.09. The Hall–Kier alpha value is -3.11. The van der Waals surface area contributed by atoms with Crippen molar-refractivity contribution in [2.75, 3.05) is 0 Å². The Balaban J connectivity index is 2.01. The Morgan fingerprint density at radius 1 is 1.00 bits per heavy atom. The SMILES string of the molecule is CCc1ccc(N=Cc2cc(Br)cc(Br)c2Oc2ccc([N+](=O)[O-])cc2[N+](=O)[O-])cc1. The van der Waals surface area contributed by atoms with Gasteiger partial charge in [-0.3, -0.25) is 25.2 Å². The Kier molecular flexibility index (Phi) is 7.13. The summed E-state index contributed by atoms with van der Waals surface area (Å²) in [4.78, 5) is 25.4. The molecule has 8 nitrogen and oxygen atoms in total. The molecule has 0 saturated heterocycles. The van der Waals surface area contributed by atoms with Crippen LogP contribution in [-0.4, -0.2) is 16.1 Å². The summed E-state index contributed by atoms with van der Waals surface area (Å²) >= 11 is 6.82. The van der Waals surface area contributed by atoms with Crippen molar-refractivity contribution in [3.05, 3.63) is 94.9 Å². The van der Waals surface area contributed by atoms with Crippen LogP contribution in [0.2, 0.25) is 0 Å². The van der Waals surface area contributed by atoms with Crippen LogP contribution in [0.1, 0.15) is 18.1 Å². The minimum atomic E-state index is -0.724. The Morgan fingerprint density at radius 2 is 1.71 bits per heavy atom. The predicted molar refractivity (Wildman–Crippen MR) is 125 cm³/mol. The van der Waals surface area contributed by atoms with Gasteiger partial charge in [-0.1, -0.05) is 35.0 Å². The lowest BCUT2D eigenvalue weighted by atomic mass is 10.1. The Morgan fingerprint density at radius 3 is 2.32 bits per heavy atom. The van der Waals surface area contributed by atoms with Crippen LogP contribution in [0, 0.1) is 20.2 Å². The zero-order chi connectivity index (χ0) is 22.5. The molecular formula is C21H15Br2N3O5. The number of halogens is 2. The molecule has 0 aliphatic heterocycles. The number of nitro benzene ring substituents is 2. The number of hydrogen-bond acceptors (Lipinski definition) is 6. The summed E-state index contributed by atoms with van der Waals surface area (Å²) in [6.45, 7) is 2.07. The van der Waals surface area contributed by atoms with E-state index in [1.54, 1.807) is 18.3 Å². The zero-order valence-corrected chi connectivity index (χ0v) is 19.3. The third kappa shape index (κ3) is 5.53. The quantitative estimate of drug-likeness (QED) is 0.177. The lowest BCUT2D eigenvalue weighted by Gasteiger charge is -2.12. The molecule has 31 heavy (non-hydrogen) atoms. The fourth-order valence-corrected chi connectivity index (χ4v) is 4.04. The van der Waals surface area contributed by atoms with E-state index in [1.807, 2.05) is 24.3 Å². The second kappa shape index (κ2) is 9.80. The maximum Gasteiger partial charge on any atom is 0.318 e. The molecule has 0 heterocycles. The van der Waals surface area contributed by atoms with Crippen LogP contribution in [0.5, 0.6) is 11.5 Å². The van der Waals surface area contributed by atoms with Crippen LogP contribution in [0.25, 0.3) is 0 Å². The molecule has 0 bridgehead atoms. The molecule has 0 aliphatic carbocycles. The van der Waals surface area contributed by atoms with Gasteiger partial charge in [0, 0.05) is 22.3 Å². The van der Waals surface area contributed by atoms with Crippen LogP contribution in [-0.2, 0) is 6.42 Å². The molecule has 0 saturated carbocycles. The third-order valence-electron chi connectivity index (χ3n) is 4.30. The van der Waals surface area contributed by atoms with Crippen LogP contribution in [0.15, 0.2) is 68.5 Å². The van der Waals surface area contributed by atoms with Gasteiger partial charge in [-0.05, 0) is 58.2 Å². The maximum atomic E-state index is 11.4. The first-order valence-corrected chi connectivity index (χ1v) is 10.6. The molecule has 0 unspecified atom stereocenters. The lowest BCUT2D eigenvalue weighted by molar-refractivity contribution is -0.394. The second-order valence-corrected chi connectivity index (χ2v) is 8.12. The van der Waals surface area contributed by atoms with Crippen molar-refractivity contribution in [1.29, 1.82) is 0 Å². The van der Waals surface area contributed by atoms with Gasteiger partial charge in [-0.15, -0.1) is 0 Å². The van der Waals surface area contributed by atoms with Gasteiger partial charge < -0.3 is 4.74 Å². The van der Waals surface area contributed by atoms with E-state index in [-0.39, 0.29) is 11.5 Å². The number of nitrogens with zero attached hydrogens (tertiary/aromatic N) is 3. The maximum absolute atomic E-state index is 11.4. The Bertz CT molecular complexity index is 1180. The molecule has 0 aromatic heterocycles. The van der Waals surface area contributed by atoms with Crippen molar-refractivity contribution in [3.63, 3.8) is 0 Å². The Labute approximate surface area is 194 Å². The first-order chi connectivity index (χ1) is 14.8. The summed E-state index contributed by atoms with van der Waals surface area (Å²) in [7, 11) is 0. The van der Waals surface area contributed by atoms with E-state index in [4.69, 9.17) is 4.74 Å². The molecule has 0 aliphatic rings. The van der Waals surface area contributed by atoms with Crippen LogP contribution in [0.3, 0.4) is 0 Å². The van der Waals surface area contributed by atoms with Crippen LogP contribution >= 0.6 is 31.9 Å². The highest BCUT2D eigenvalue weighted by molar-refractivity contribution is 9.11. The largest absolute Gasteiger partial charge is 0.448 e. The molecule has 0 spiro atoms. The molecule has 0 fully saturated rings. The zero-order valence-electron chi connectivity index (χ0n) is 16.1. The average molecular weight is 549 g/mol. The summed E-state index contributed by atoms with van der Waals surface area (Å²) in [6, 6.07) is 14.5. The predicted octanol–water partition coefficient (Wildman–Crippen LogP) is 7.13. The molecule has 158 valence electrons. The van der Waals surface area contributed by atoms with E-state index in [1.165, 1.54) is 11.6 Å². The second-order valence-electron chi connectivity index (χ2n) is 6.35. The lowest BCUT2D eigenvalue weighted by Crippen LogP contribution is -1.98. The van der Waals surface area contributed by atoms with E-state index in [0.29, 0.717) is 10.0 Å². The molecular weight excluding hydrogens is 534 g/mol. The van der Waals surface area contributed by atoms with E-state index in [0.717, 1.165) is 28.7 Å². The van der Waals surface area contributed by atoms with Crippen molar-refractivity contribution in [2.45, 2.75) is 13.3 Å². The standard InChI is InChI=1S/C21H15Br2N3O5/c1-2-13-3-5-16(6-4-13)24-12-14-9-15(22)10-18(23)21(14)31-20-8-7-17(25(27)28)11-19(20)26(29)30/h3-12H,2H2,1H3. The molecule has 0 N–H and O–H groups in total. The van der Waals surface area contributed by atoms with Gasteiger partial charge in [0.1, 0.15) is 0 Å². The van der Waals surface area contributed by atoms with E-state index in [2.05, 4.69) is 43.8 Å². The summed E-state index contributed by atoms with van der Waals surface area (Å²) in [5.74, 6) is 0.162. The van der Waals surface area contributed by atoms with Crippen molar-refractivity contribution in [1.82, 2.24) is 0 Å². The van der Waals surface area contributed by atoms with Gasteiger partial charge in [0.25, 0.3) is 5.69 Å². The van der Waals surface area contributed by atoms with E-state index in [9.17, 15) is 20.2 Å². The van der Waals surface area contributed by atoms with Crippen molar-refractivity contribution in [3.8, 4) is 11.5 Å². The average Bonchev–Trinajstić information content (AvgIpc) is 2.74. The minimum Gasteiger partial charge on any atom is -0.448 e. The van der Waals surface area contributed by atoms with Crippen LogP contribution < -0.4 is 4.74 Å². The number of non-ortho nitro benzene ring substituents is 1. The van der Waals surface area contributed by atoms with E-state index >= 15 is 0 Å². The molecule has 3 rings (SSSR count). The molecule has 3 aromatic carbocycles. The highest BCUT2D eigenvalue weighted by atomic mass is 79.9. The number of rotatable bonds is 7. The molecule has 0 amide bonds. The smallest absolute Gasteiger partial charge is 0.318 e. The molecule has 0 radical (unpaired) electrons. The normalized spacial score (nSPS) is 10.9. The van der Waals surface area contributed by atoms with Gasteiger partial charge in [-0.2, -0.15) is 0 Å². The number of benzene rings is 3.